The van der Waals surface area contributed by atoms with Crippen LogP contribution in [0.2, 0.25) is 25.7 Å². The van der Waals surface area contributed by atoms with Crippen LogP contribution in [0.5, 0.6) is 5.88 Å². The average Bonchev–Trinajstić information content (AvgIpc) is 3.44. The van der Waals surface area contributed by atoms with Gasteiger partial charge in [0.2, 0.25) is 0 Å². The number of carbonyl (C=O) groups is 1. The van der Waals surface area contributed by atoms with Crippen molar-refractivity contribution in [3.05, 3.63) is 83.7 Å². The van der Waals surface area contributed by atoms with Crippen LogP contribution < -0.4 is 4.74 Å². The number of hydrogen-bond donors (Lipinski definition) is 1. The number of hydrogen-bond acceptors (Lipinski definition) is 7. The first-order valence-corrected chi connectivity index (χ1v) is 19.4. The predicted molar refractivity (Wildman–Crippen MR) is 171 cm³/mol. The molecule has 2 saturated heterocycles. The molecule has 7 rings (SSSR count). The molecule has 1 aliphatic carbocycles. The number of halogens is 1. The average molecular weight is 631 g/mol. The molecule has 0 amide bonds. The van der Waals surface area contributed by atoms with Crippen LogP contribution in [0, 0.1) is 11.7 Å². The number of nitrogens with zero attached hydrogens (tertiary/aromatic N) is 2. The first kappa shape index (κ1) is 30.3. The van der Waals surface area contributed by atoms with Crippen molar-refractivity contribution < 1.29 is 33.2 Å². The van der Waals surface area contributed by atoms with Gasteiger partial charge in [-0.15, -0.1) is 0 Å². The fourth-order valence-electron chi connectivity index (χ4n) is 6.35. The predicted octanol–water partition coefficient (Wildman–Crippen LogP) is 6.05. The second kappa shape index (κ2) is 12.1. The summed E-state index contributed by atoms with van der Waals surface area (Å²) in [7, 11) is -1.30. The number of ether oxygens (including phenoxy) is 4. The Bertz CT molecular complexity index is 1690. The van der Waals surface area contributed by atoms with Crippen molar-refractivity contribution in [1.82, 2.24) is 9.55 Å². The smallest absolute Gasteiger partial charge is 0.198 e. The summed E-state index contributed by atoms with van der Waals surface area (Å²) >= 11 is 0. The standard InChI is InChI=1S/C35H39FN2O6Si/c1-45(2,3)14-13-41-20-38-28-16-26(36)32(37-27(28)17-31(38)44-30-19-43-34-29(39)18-42-35(30)34)22-11-9-21(10-12-22)24-15-25(24)33(40)23-7-5-4-6-8-23/h4-12,16-17,24-25,29-30,34-35,39H,13-15,18-20H2,1-3H3/t24?,25?,29-,30-,34-,35-/m1/s1. The SMILES string of the molecule is C[Si](C)(C)CCOCn1c(O[C@@H]2CO[C@H]3[C@@H]2OC[C@H]3O)cc2nc(-c3ccc(C4CC4C(=O)c4ccccc4)cc3)c(F)cc21. The molecule has 10 heteroatoms. The number of carbonyl (C=O) groups excluding carboxylic acids is 1. The number of aliphatic hydroxyl groups is 1. The zero-order valence-corrected chi connectivity index (χ0v) is 26.8. The zero-order valence-electron chi connectivity index (χ0n) is 25.8. The highest BCUT2D eigenvalue weighted by molar-refractivity contribution is 6.76. The van der Waals surface area contributed by atoms with Crippen molar-refractivity contribution in [2.45, 2.75) is 69.2 Å². The van der Waals surface area contributed by atoms with Crippen molar-refractivity contribution in [2.75, 3.05) is 19.8 Å². The van der Waals surface area contributed by atoms with Gasteiger partial charge in [-0.25, -0.2) is 9.37 Å². The van der Waals surface area contributed by atoms with Gasteiger partial charge in [-0.3, -0.25) is 9.36 Å². The van der Waals surface area contributed by atoms with E-state index in [1.807, 2.05) is 54.6 Å². The van der Waals surface area contributed by atoms with Gasteiger partial charge in [0.15, 0.2) is 23.6 Å². The maximum absolute atomic E-state index is 15.7. The second-order valence-electron chi connectivity index (χ2n) is 13.6. The number of benzene rings is 2. The summed E-state index contributed by atoms with van der Waals surface area (Å²) in [6.45, 7) is 8.16. The van der Waals surface area contributed by atoms with Gasteiger partial charge >= 0.3 is 0 Å². The maximum Gasteiger partial charge on any atom is 0.198 e. The van der Waals surface area contributed by atoms with E-state index >= 15 is 4.39 Å². The Balaban J connectivity index is 1.13. The number of aromatic nitrogens is 2. The molecule has 2 aromatic carbocycles. The Morgan fingerprint density at radius 2 is 1.80 bits per heavy atom. The third-order valence-electron chi connectivity index (χ3n) is 9.07. The van der Waals surface area contributed by atoms with E-state index in [0.29, 0.717) is 29.1 Å². The van der Waals surface area contributed by atoms with E-state index in [4.69, 9.17) is 23.9 Å². The van der Waals surface area contributed by atoms with Crippen LogP contribution in [0.1, 0.15) is 28.3 Å². The van der Waals surface area contributed by atoms with Gasteiger partial charge in [-0.2, -0.15) is 0 Å². The lowest BCUT2D eigenvalue weighted by Gasteiger charge is -2.20. The lowest BCUT2D eigenvalue weighted by atomic mass is 10.0. The number of ketones is 1. The van der Waals surface area contributed by atoms with Crippen LogP contribution in [0.3, 0.4) is 0 Å². The molecule has 236 valence electrons. The van der Waals surface area contributed by atoms with Crippen LogP contribution in [0.15, 0.2) is 66.7 Å². The molecule has 1 N–H and O–H groups in total. The fraction of sp³-hybridized carbons (Fsp3) is 0.429. The summed E-state index contributed by atoms with van der Waals surface area (Å²) in [5.41, 5.74) is 3.87. The van der Waals surface area contributed by atoms with E-state index in [1.54, 1.807) is 10.6 Å². The van der Waals surface area contributed by atoms with Crippen molar-refractivity contribution in [2.24, 2.45) is 5.92 Å². The minimum atomic E-state index is -1.30. The quantitative estimate of drug-likeness (QED) is 0.123. The molecule has 3 fully saturated rings. The highest BCUT2D eigenvalue weighted by Crippen LogP contribution is 2.49. The van der Waals surface area contributed by atoms with E-state index in [1.165, 1.54) is 6.07 Å². The van der Waals surface area contributed by atoms with E-state index in [-0.39, 0.29) is 49.4 Å². The van der Waals surface area contributed by atoms with Gasteiger partial charge in [-0.05, 0) is 23.9 Å². The normalized spacial score (nSPS) is 25.9. The van der Waals surface area contributed by atoms with Crippen LogP contribution in [-0.2, 0) is 20.9 Å². The second-order valence-corrected chi connectivity index (χ2v) is 19.2. The summed E-state index contributed by atoms with van der Waals surface area (Å²) in [6.07, 6.45) is -1.09. The van der Waals surface area contributed by atoms with Crippen LogP contribution >= 0.6 is 0 Å². The van der Waals surface area contributed by atoms with Gasteiger partial charge in [-0.1, -0.05) is 74.2 Å². The third-order valence-corrected chi connectivity index (χ3v) is 10.8. The summed E-state index contributed by atoms with van der Waals surface area (Å²) in [5, 5.41) is 10.2. The van der Waals surface area contributed by atoms with Crippen molar-refractivity contribution in [3.63, 3.8) is 0 Å². The lowest BCUT2D eigenvalue weighted by Crippen LogP contribution is -2.35. The van der Waals surface area contributed by atoms with Crippen LogP contribution in [0.25, 0.3) is 22.3 Å². The van der Waals surface area contributed by atoms with E-state index in [9.17, 15) is 9.90 Å². The molecule has 8 nitrogen and oxygen atoms in total. The molecular formula is C35H39FN2O6Si. The third kappa shape index (κ3) is 6.22. The molecule has 2 unspecified atom stereocenters. The molecule has 0 spiro atoms. The number of aliphatic hydroxyl groups excluding tert-OH is 1. The molecule has 4 heterocycles. The van der Waals surface area contributed by atoms with Gasteiger partial charge in [0.25, 0.3) is 0 Å². The number of Topliss-reactive ketones (excluding diaryl/α,β-unsaturated/α-hetero) is 1. The number of rotatable bonds is 11. The van der Waals surface area contributed by atoms with Crippen LogP contribution in [-0.4, -0.2) is 72.8 Å². The highest BCUT2D eigenvalue weighted by atomic mass is 28.3. The molecule has 3 aliphatic rings. The van der Waals surface area contributed by atoms with E-state index in [2.05, 4.69) is 19.6 Å². The zero-order chi connectivity index (χ0) is 31.3. The Hall–Kier alpha value is -3.41. The molecule has 6 atom stereocenters. The van der Waals surface area contributed by atoms with Crippen molar-refractivity contribution >= 4 is 24.9 Å². The molecule has 2 aliphatic heterocycles. The molecule has 2 aromatic heterocycles. The summed E-state index contributed by atoms with van der Waals surface area (Å²) < 4.78 is 41.5. The van der Waals surface area contributed by atoms with Gasteiger partial charge in [0.1, 0.15) is 30.7 Å². The van der Waals surface area contributed by atoms with Gasteiger partial charge in [0, 0.05) is 43.9 Å². The topological polar surface area (TPSA) is 92.0 Å². The van der Waals surface area contributed by atoms with Gasteiger partial charge in [0.05, 0.1) is 24.2 Å². The molecule has 0 radical (unpaired) electrons. The van der Waals surface area contributed by atoms with Crippen molar-refractivity contribution in [3.8, 4) is 17.1 Å². The molecule has 45 heavy (non-hydrogen) atoms. The minimum absolute atomic E-state index is 0.0194. The first-order valence-electron chi connectivity index (χ1n) is 15.7. The first-order chi connectivity index (χ1) is 21.7. The van der Waals surface area contributed by atoms with Crippen molar-refractivity contribution in [1.29, 1.82) is 0 Å². The minimum Gasteiger partial charge on any atom is -0.470 e. The van der Waals surface area contributed by atoms with Gasteiger partial charge < -0.3 is 24.1 Å². The monoisotopic (exact) mass is 630 g/mol. The molecule has 0 bridgehead atoms. The fourth-order valence-corrected chi connectivity index (χ4v) is 7.11. The van der Waals surface area contributed by atoms with E-state index in [0.717, 1.165) is 23.6 Å². The summed E-state index contributed by atoms with van der Waals surface area (Å²) in [4.78, 5) is 17.6. The van der Waals surface area contributed by atoms with Crippen LogP contribution in [0.4, 0.5) is 4.39 Å². The summed E-state index contributed by atoms with van der Waals surface area (Å²) in [5.74, 6) is 0.364. The molecule has 1 saturated carbocycles. The number of pyridine rings is 1. The molecular weight excluding hydrogens is 591 g/mol. The van der Waals surface area contributed by atoms with E-state index < -0.39 is 32.2 Å². The Kier molecular flexibility index (Phi) is 8.12. The number of fused-ring (bicyclic) bond motifs is 2. The Morgan fingerprint density at radius 3 is 2.56 bits per heavy atom. The Morgan fingerprint density at radius 1 is 1.04 bits per heavy atom. The maximum atomic E-state index is 15.7. The summed E-state index contributed by atoms with van der Waals surface area (Å²) in [6, 6.07) is 21.4. The largest absolute Gasteiger partial charge is 0.470 e. The Labute approximate surface area is 263 Å². The molecule has 4 aromatic rings. The lowest BCUT2D eigenvalue weighted by molar-refractivity contribution is 0.00478. The highest BCUT2D eigenvalue weighted by Gasteiger charge is 2.49.